The normalized spacial score (nSPS) is 14.4. The molecule has 138 valence electrons. The van der Waals surface area contributed by atoms with Crippen molar-refractivity contribution in [3.8, 4) is 0 Å². The number of piperazine rings is 1. The Hall–Kier alpha value is -3.15. The van der Waals surface area contributed by atoms with Crippen LogP contribution in [0.2, 0.25) is 0 Å². The summed E-state index contributed by atoms with van der Waals surface area (Å²) in [5.41, 5.74) is 3.67. The molecule has 2 heterocycles. The second kappa shape index (κ2) is 7.61. The molecule has 6 heteroatoms. The molecule has 3 aromatic rings. The van der Waals surface area contributed by atoms with Gasteiger partial charge in [-0.05, 0) is 30.7 Å². The number of fused-ring (bicyclic) bond motifs is 1. The van der Waals surface area contributed by atoms with Crippen LogP contribution in [-0.4, -0.2) is 47.1 Å². The lowest BCUT2D eigenvalue weighted by atomic mass is 10.2. The van der Waals surface area contributed by atoms with E-state index in [1.165, 1.54) is 0 Å². The average Bonchev–Trinajstić information content (AvgIpc) is 2.73. The minimum absolute atomic E-state index is 0.0545. The number of anilines is 2. The van der Waals surface area contributed by atoms with E-state index < -0.39 is 0 Å². The SMILES string of the molecule is CCc1nc2ccccc2nc1N1CCN(C(=O)Nc2ccccc2)CC1. The van der Waals surface area contributed by atoms with Crippen LogP contribution < -0.4 is 10.2 Å². The van der Waals surface area contributed by atoms with E-state index in [9.17, 15) is 4.79 Å². The number of aromatic nitrogens is 2. The van der Waals surface area contributed by atoms with Crippen molar-refractivity contribution in [1.82, 2.24) is 14.9 Å². The number of nitrogens with one attached hydrogen (secondary N) is 1. The maximum Gasteiger partial charge on any atom is 0.321 e. The molecule has 1 N–H and O–H groups in total. The first-order chi connectivity index (χ1) is 13.2. The molecule has 0 bridgehead atoms. The van der Waals surface area contributed by atoms with Gasteiger partial charge in [-0.15, -0.1) is 0 Å². The average molecular weight is 361 g/mol. The number of hydrogen-bond donors (Lipinski definition) is 1. The van der Waals surface area contributed by atoms with E-state index in [4.69, 9.17) is 9.97 Å². The summed E-state index contributed by atoms with van der Waals surface area (Å²) in [6, 6.07) is 17.5. The lowest BCUT2D eigenvalue weighted by Gasteiger charge is -2.36. The predicted molar refractivity (Wildman–Crippen MR) is 108 cm³/mol. The first-order valence-corrected chi connectivity index (χ1v) is 9.36. The highest BCUT2D eigenvalue weighted by Gasteiger charge is 2.24. The monoisotopic (exact) mass is 361 g/mol. The van der Waals surface area contributed by atoms with Crippen LogP contribution in [0.15, 0.2) is 54.6 Å². The Kier molecular flexibility index (Phi) is 4.87. The number of aryl methyl sites for hydroxylation is 1. The fraction of sp³-hybridized carbons (Fsp3) is 0.286. The summed E-state index contributed by atoms with van der Waals surface area (Å²) in [7, 11) is 0. The molecule has 0 unspecified atom stereocenters. The fourth-order valence-corrected chi connectivity index (χ4v) is 3.36. The van der Waals surface area contributed by atoms with Crippen molar-refractivity contribution in [2.24, 2.45) is 0 Å². The molecular weight excluding hydrogens is 338 g/mol. The van der Waals surface area contributed by atoms with Gasteiger partial charge in [0.1, 0.15) is 0 Å². The van der Waals surface area contributed by atoms with Crippen molar-refractivity contribution in [3.63, 3.8) is 0 Å². The zero-order chi connectivity index (χ0) is 18.6. The molecular formula is C21H23N5O. The summed E-state index contributed by atoms with van der Waals surface area (Å²) in [5, 5.41) is 2.95. The van der Waals surface area contributed by atoms with Crippen LogP contribution >= 0.6 is 0 Å². The smallest absolute Gasteiger partial charge is 0.321 e. The number of amides is 2. The molecule has 6 nitrogen and oxygen atoms in total. The molecule has 27 heavy (non-hydrogen) atoms. The fourth-order valence-electron chi connectivity index (χ4n) is 3.36. The molecule has 1 fully saturated rings. The lowest BCUT2D eigenvalue weighted by molar-refractivity contribution is 0.208. The first kappa shape index (κ1) is 17.3. The van der Waals surface area contributed by atoms with Gasteiger partial charge in [0.05, 0.1) is 16.7 Å². The Morgan fingerprint density at radius 2 is 1.56 bits per heavy atom. The number of hydrogen-bond acceptors (Lipinski definition) is 4. The van der Waals surface area contributed by atoms with Gasteiger partial charge in [0.15, 0.2) is 5.82 Å². The van der Waals surface area contributed by atoms with Crippen LogP contribution in [0.25, 0.3) is 11.0 Å². The molecule has 0 aliphatic carbocycles. The Morgan fingerprint density at radius 1 is 0.926 bits per heavy atom. The molecule has 0 saturated carbocycles. The van der Waals surface area contributed by atoms with Crippen LogP contribution in [0.5, 0.6) is 0 Å². The third kappa shape index (κ3) is 3.69. The van der Waals surface area contributed by atoms with Gasteiger partial charge < -0.3 is 15.1 Å². The van der Waals surface area contributed by atoms with E-state index in [2.05, 4.69) is 17.1 Å². The number of benzene rings is 2. The molecule has 2 amide bonds. The van der Waals surface area contributed by atoms with Gasteiger partial charge in [-0.25, -0.2) is 14.8 Å². The highest BCUT2D eigenvalue weighted by Crippen LogP contribution is 2.22. The predicted octanol–water partition coefficient (Wildman–Crippen LogP) is 3.55. The number of carbonyl (C=O) groups is 1. The summed E-state index contributed by atoms with van der Waals surface area (Å²) < 4.78 is 0. The maximum absolute atomic E-state index is 12.5. The molecule has 1 aliphatic heterocycles. The number of rotatable bonds is 3. The second-order valence-corrected chi connectivity index (χ2v) is 6.61. The summed E-state index contributed by atoms with van der Waals surface area (Å²) in [5.74, 6) is 0.944. The van der Waals surface area contributed by atoms with E-state index in [1.807, 2.05) is 59.5 Å². The van der Waals surface area contributed by atoms with Crippen LogP contribution in [-0.2, 0) is 6.42 Å². The van der Waals surface area contributed by atoms with Gasteiger partial charge in [-0.3, -0.25) is 0 Å². The molecule has 1 aromatic heterocycles. The van der Waals surface area contributed by atoms with E-state index in [-0.39, 0.29) is 6.03 Å². The molecule has 1 saturated heterocycles. The number of carbonyl (C=O) groups excluding carboxylic acids is 1. The van der Waals surface area contributed by atoms with Crippen LogP contribution in [0.3, 0.4) is 0 Å². The second-order valence-electron chi connectivity index (χ2n) is 6.61. The molecule has 0 radical (unpaired) electrons. The maximum atomic E-state index is 12.5. The Labute approximate surface area is 158 Å². The van der Waals surface area contributed by atoms with Gasteiger partial charge in [0.2, 0.25) is 0 Å². The topological polar surface area (TPSA) is 61.4 Å². The van der Waals surface area contributed by atoms with Gasteiger partial charge >= 0.3 is 6.03 Å². The Morgan fingerprint density at radius 3 is 2.22 bits per heavy atom. The minimum atomic E-state index is -0.0545. The number of nitrogens with zero attached hydrogens (tertiary/aromatic N) is 4. The Balaban J connectivity index is 1.46. The van der Waals surface area contributed by atoms with Crippen molar-refractivity contribution >= 4 is 28.6 Å². The molecule has 4 rings (SSSR count). The number of para-hydroxylation sites is 3. The molecule has 0 atom stereocenters. The summed E-state index contributed by atoms with van der Waals surface area (Å²) in [6.07, 6.45) is 0.835. The van der Waals surface area contributed by atoms with Crippen molar-refractivity contribution < 1.29 is 4.79 Å². The molecule has 2 aromatic carbocycles. The van der Waals surface area contributed by atoms with Crippen LogP contribution in [0.1, 0.15) is 12.6 Å². The van der Waals surface area contributed by atoms with Crippen molar-refractivity contribution in [1.29, 1.82) is 0 Å². The largest absolute Gasteiger partial charge is 0.352 e. The summed E-state index contributed by atoms with van der Waals surface area (Å²) in [6.45, 7) is 4.93. The molecule has 1 aliphatic rings. The van der Waals surface area contributed by atoms with Crippen LogP contribution in [0, 0.1) is 0 Å². The van der Waals surface area contributed by atoms with E-state index in [1.54, 1.807) is 0 Å². The standard InChI is InChI=1S/C21H23N5O/c1-2-17-20(24-19-11-7-6-10-18(19)23-17)25-12-14-26(15-13-25)21(27)22-16-8-4-3-5-9-16/h3-11H,2,12-15H2,1H3,(H,22,27). The van der Waals surface area contributed by atoms with Gasteiger partial charge in [0.25, 0.3) is 0 Å². The lowest BCUT2D eigenvalue weighted by Crippen LogP contribution is -2.50. The quantitative estimate of drug-likeness (QED) is 0.775. The van der Waals surface area contributed by atoms with Gasteiger partial charge in [-0.2, -0.15) is 0 Å². The van der Waals surface area contributed by atoms with E-state index in [0.717, 1.165) is 47.7 Å². The van der Waals surface area contributed by atoms with Gasteiger partial charge in [-0.1, -0.05) is 37.3 Å². The first-order valence-electron chi connectivity index (χ1n) is 9.36. The van der Waals surface area contributed by atoms with E-state index in [0.29, 0.717) is 13.1 Å². The Bertz CT molecular complexity index is 936. The number of urea groups is 1. The van der Waals surface area contributed by atoms with E-state index >= 15 is 0 Å². The third-order valence-electron chi connectivity index (χ3n) is 4.85. The zero-order valence-electron chi connectivity index (χ0n) is 15.4. The van der Waals surface area contributed by atoms with Gasteiger partial charge in [0, 0.05) is 31.9 Å². The highest BCUT2D eigenvalue weighted by molar-refractivity contribution is 5.89. The van der Waals surface area contributed by atoms with Crippen molar-refractivity contribution in [2.75, 3.05) is 36.4 Å². The minimum Gasteiger partial charge on any atom is -0.352 e. The van der Waals surface area contributed by atoms with Crippen molar-refractivity contribution in [2.45, 2.75) is 13.3 Å². The van der Waals surface area contributed by atoms with Crippen LogP contribution in [0.4, 0.5) is 16.3 Å². The summed E-state index contributed by atoms with van der Waals surface area (Å²) >= 11 is 0. The molecule has 0 spiro atoms. The zero-order valence-corrected chi connectivity index (χ0v) is 15.4. The summed E-state index contributed by atoms with van der Waals surface area (Å²) in [4.78, 5) is 26.2. The van der Waals surface area contributed by atoms with Crippen molar-refractivity contribution in [3.05, 3.63) is 60.3 Å². The third-order valence-corrected chi connectivity index (χ3v) is 4.85. The highest BCUT2D eigenvalue weighted by atomic mass is 16.2.